The Labute approximate surface area is 214 Å². The molecule has 3 aromatic rings. The van der Waals surface area contributed by atoms with Gasteiger partial charge >= 0.3 is 5.97 Å². The molecule has 188 valence electrons. The molecule has 0 radical (unpaired) electrons. The zero-order valence-corrected chi connectivity index (χ0v) is 20.9. The van der Waals surface area contributed by atoms with Crippen LogP contribution in [0.15, 0.2) is 82.8 Å². The SMILES string of the molecule is CCCOc1ccc(C(=O)Oc2ccc(C=NNC(=O)CNS(=O)(=O)c3ccc(Cl)cc3)cc2)cc1. The third kappa shape index (κ3) is 8.19. The zero-order chi connectivity index (χ0) is 26.0. The van der Waals surface area contributed by atoms with Crippen molar-refractivity contribution >= 4 is 39.7 Å². The van der Waals surface area contributed by atoms with Crippen LogP contribution in [0, 0.1) is 0 Å². The Kier molecular flexibility index (Phi) is 9.57. The third-order valence-electron chi connectivity index (χ3n) is 4.60. The normalized spacial score (nSPS) is 11.3. The van der Waals surface area contributed by atoms with E-state index in [1.54, 1.807) is 48.5 Å². The van der Waals surface area contributed by atoms with Gasteiger partial charge in [-0.15, -0.1) is 0 Å². The van der Waals surface area contributed by atoms with Crippen LogP contribution in [-0.4, -0.2) is 39.7 Å². The van der Waals surface area contributed by atoms with Gasteiger partial charge in [0.05, 0.1) is 29.8 Å². The first-order valence-corrected chi connectivity index (χ1v) is 12.7. The van der Waals surface area contributed by atoms with Gasteiger partial charge < -0.3 is 9.47 Å². The molecule has 9 nitrogen and oxygen atoms in total. The number of ether oxygens (including phenoxy) is 2. The second-order valence-electron chi connectivity index (χ2n) is 7.40. The summed E-state index contributed by atoms with van der Waals surface area (Å²) in [5.74, 6) is -0.139. The van der Waals surface area contributed by atoms with Crippen molar-refractivity contribution in [1.82, 2.24) is 10.1 Å². The van der Waals surface area contributed by atoms with E-state index in [0.717, 1.165) is 6.42 Å². The highest BCUT2D eigenvalue weighted by Crippen LogP contribution is 2.17. The highest BCUT2D eigenvalue weighted by Gasteiger charge is 2.15. The van der Waals surface area contributed by atoms with E-state index in [1.165, 1.54) is 30.5 Å². The first kappa shape index (κ1) is 26.9. The Morgan fingerprint density at radius 2 is 1.58 bits per heavy atom. The topological polar surface area (TPSA) is 123 Å². The monoisotopic (exact) mass is 529 g/mol. The fraction of sp³-hybridized carbons (Fsp3) is 0.160. The van der Waals surface area contributed by atoms with Gasteiger partial charge in [0.15, 0.2) is 0 Å². The maximum atomic E-state index is 12.3. The Hall–Kier alpha value is -3.73. The summed E-state index contributed by atoms with van der Waals surface area (Å²) in [4.78, 5) is 24.2. The number of hydrogen-bond acceptors (Lipinski definition) is 7. The molecule has 3 rings (SSSR count). The van der Waals surface area contributed by atoms with Crippen LogP contribution in [0.4, 0.5) is 0 Å². The van der Waals surface area contributed by atoms with Crippen molar-refractivity contribution < 1.29 is 27.5 Å². The minimum absolute atomic E-state index is 0.0120. The average molecular weight is 530 g/mol. The molecule has 36 heavy (non-hydrogen) atoms. The van der Waals surface area contributed by atoms with Gasteiger partial charge in [0.2, 0.25) is 10.0 Å². The van der Waals surface area contributed by atoms with Gasteiger partial charge in [-0.25, -0.2) is 23.4 Å². The van der Waals surface area contributed by atoms with Gasteiger partial charge in [-0.1, -0.05) is 18.5 Å². The van der Waals surface area contributed by atoms with E-state index in [0.29, 0.717) is 34.3 Å². The highest BCUT2D eigenvalue weighted by molar-refractivity contribution is 7.89. The number of amides is 1. The number of esters is 1. The predicted molar refractivity (Wildman–Crippen MR) is 136 cm³/mol. The molecule has 0 spiro atoms. The lowest BCUT2D eigenvalue weighted by Gasteiger charge is -2.07. The Morgan fingerprint density at radius 1 is 0.944 bits per heavy atom. The number of nitrogens with zero attached hydrogens (tertiary/aromatic N) is 1. The summed E-state index contributed by atoms with van der Waals surface area (Å²) in [5, 5.41) is 4.20. The number of hydrazone groups is 1. The van der Waals surface area contributed by atoms with Crippen LogP contribution in [0.1, 0.15) is 29.3 Å². The van der Waals surface area contributed by atoms with Crippen molar-refractivity contribution in [2.24, 2.45) is 5.10 Å². The second kappa shape index (κ2) is 12.8. The number of rotatable bonds is 11. The van der Waals surface area contributed by atoms with E-state index in [1.807, 2.05) is 6.92 Å². The number of benzene rings is 3. The average Bonchev–Trinajstić information content (AvgIpc) is 2.88. The van der Waals surface area contributed by atoms with Gasteiger partial charge in [0.25, 0.3) is 5.91 Å². The molecule has 0 unspecified atom stereocenters. The molecule has 1 amide bonds. The lowest BCUT2D eigenvalue weighted by molar-refractivity contribution is -0.119. The van der Waals surface area contributed by atoms with Crippen LogP contribution >= 0.6 is 11.6 Å². The molecule has 0 heterocycles. The summed E-state index contributed by atoms with van der Waals surface area (Å²) < 4.78 is 37.4. The van der Waals surface area contributed by atoms with Crippen molar-refractivity contribution in [1.29, 1.82) is 0 Å². The van der Waals surface area contributed by atoms with Gasteiger partial charge in [-0.05, 0) is 84.8 Å². The molecule has 0 aromatic heterocycles. The predicted octanol–water partition coefficient (Wildman–Crippen LogP) is 3.78. The summed E-state index contributed by atoms with van der Waals surface area (Å²) in [6.07, 6.45) is 2.26. The summed E-state index contributed by atoms with van der Waals surface area (Å²) in [5.41, 5.74) is 3.24. The first-order valence-electron chi connectivity index (χ1n) is 10.9. The molecule has 0 aliphatic carbocycles. The first-order chi connectivity index (χ1) is 17.3. The van der Waals surface area contributed by atoms with Crippen LogP contribution in [0.5, 0.6) is 11.5 Å². The Bertz CT molecular complexity index is 1310. The smallest absolute Gasteiger partial charge is 0.343 e. The van der Waals surface area contributed by atoms with Crippen molar-refractivity contribution in [3.05, 3.63) is 88.9 Å². The number of halogens is 1. The summed E-state index contributed by atoms with van der Waals surface area (Å²) in [6, 6.07) is 18.7. The molecule has 11 heteroatoms. The van der Waals surface area contributed by atoms with Crippen molar-refractivity contribution in [2.45, 2.75) is 18.2 Å². The lowest BCUT2D eigenvalue weighted by Crippen LogP contribution is -2.34. The molecule has 3 aromatic carbocycles. The number of carbonyl (C=O) groups excluding carboxylic acids is 2. The minimum Gasteiger partial charge on any atom is -0.494 e. The maximum Gasteiger partial charge on any atom is 0.343 e. The summed E-state index contributed by atoms with van der Waals surface area (Å²) >= 11 is 5.75. The van der Waals surface area contributed by atoms with Crippen molar-refractivity contribution in [2.75, 3.05) is 13.2 Å². The molecule has 0 bridgehead atoms. The van der Waals surface area contributed by atoms with Crippen LogP contribution in [0.3, 0.4) is 0 Å². The summed E-state index contributed by atoms with van der Waals surface area (Å²) in [7, 11) is -3.86. The highest BCUT2D eigenvalue weighted by atomic mass is 35.5. The van der Waals surface area contributed by atoms with Crippen LogP contribution in [0.2, 0.25) is 5.02 Å². The molecule has 0 fully saturated rings. The van der Waals surface area contributed by atoms with Gasteiger partial charge in [0, 0.05) is 5.02 Å². The van der Waals surface area contributed by atoms with E-state index in [9.17, 15) is 18.0 Å². The largest absolute Gasteiger partial charge is 0.494 e. The van der Waals surface area contributed by atoms with E-state index in [4.69, 9.17) is 21.1 Å². The molecule has 2 N–H and O–H groups in total. The lowest BCUT2D eigenvalue weighted by atomic mass is 10.2. The van der Waals surface area contributed by atoms with Crippen LogP contribution < -0.4 is 19.6 Å². The Balaban J connectivity index is 1.46. The number of carbonyl (C=O) groups is 2. The molecular formula is C25H24ClN3O6S. The van der Waals surface area contributed by atoms with Crippen molar-refractivity contribution in [3.63, 3.8) is 0 Å². The summed E-state index contributed by atoms with van der Waals surface area (Å²) in [6.45, 7) is 2.12. The third-order valence-corrected chi connectivity index (χ3v) is 6.27. The Morgan fingerprint density at radius 3 is 2.22 bits per heavy atom. The molecule has 0 saturated heterocycles. The molecule has 0 aliphatic rings. The van der Waals surface area contributed by atoms with Crippen molar-refractivity contribution in [3.8, 4) is 11.5 Å². The standard InChI is InChI=1S/C25H24ClN3O6S/c1-2-15-34-21-11-5-19(6-12-21)25(31)35-22-9-3-18(4-10-22)16-27-29-24(30)17-28-36(32,33)23-13-7-20(26)8-14-23/h3-14,16,28H,2,15,17H2,1H3,(H,29,30). The van der Waals surface area contributed by atoms with E-state index < -0.39 is 28.4 Å². The van der Waals surface area contributed by atoms with E-state index in [2.05, 4.69) is 15.2 Å². The van der Waals surface area contributed by atoms with Crippen LogP contribution in [-0.2, 0) is 14.8 Å². The fourth-order valence-electron chi connectivity index (χ4n) is 2.77. The zero-order valence-electron chi connectivity index (χ0n) is 19.3. The second-order valence-corrected chi connectivity index (χ2v) is 9.61. The molecule has 0 saturated carbocycles. The van der Waals surface area contributed by atoms with Crippen LogP contribution in [0.25, 0.3) is 0 Å². The maximum absolute atomic E-state index is 12.3. The minimum atomic E-state index is -3.86. The fourth-order valence-corrected chi connectivity index (χ4v) is 3.88. The number of nitrogens with one attached hydrogen (secondary N) is 2. The number of hydrogen-bond donors (Lipinski definition) is 2. The molecule has 0 atom stereocenters. The van der Waals surface area contributed by atoms with Gasteiger partial charge in [0.1, 0.15) is 11.5 Å². The van der Waals surface area contributed by atoms with Gasteiger partial charge in [-0.3, -0.25) is 4.79 Å². The van der Waals surface area contributed by atoms with E-state index >= 15 is 0 Å². The quantitative estimate of drug-likeness (QED) is 0.169. The molecule has 0 aliphatic heterocycles. The van der Waals surface area contributed by atoms with E-state index in [-0.39, 0.29) is 4.90 Å². The molecular weight excluding hydrogens is 506 g/mol. The number of sulfonamides is 1. The van der Waals surface area contributed by atoms with Gasteiger partial charge in [-0.2, -0.15) is 5.10 Å².